The SMILES string of the molecule is CC(=O)OC1[C@@H](OC(C)=O)C(C)O[C@@H](OC2[C@@H](OCc3ccccc3)C(C)O[C@@H](O)[C@@H]2OC(C)=O)[C@H]1OC(C)=O. The van der Waals surface area contributed by atoms with Crippen LogP contribution >= 0.6 is 0 Å². The summed E-state index contributed by atoms with van der Waals surface area (Å²) in [6.45, 7) is 7.93. The van der Waals surface area contributed by atoms with Crippen molar-refractivity contribution in [1.82, 2.24) is 0 Å². The van der Waals surface area contributed by atoms with Gasteiger partial charge in [0.1, 0.15) is 12.2 Å². The van der Waals surface area contributed by atoms with Gasteiger partial charge in [-0.05, 0) is 19.4 Å². The summed E-state index contributed by atoms with van der Waals surface area (Å²) in [4.78, 5) is 47.8. The molecular weight excluding hydrogens is 532 g/mol. The number of esters is 4. The largest absolute Gasteiger partial charge is 0.456 e. The van der Waals surface area contributed by atoms with Crippen molar-refractivity contribution >= 4 is 23.9 Å². The lowest BCUT2D eigenvalue weighted by molar-refractivity contribution is -0.355. The summed E-state index contributed by atoms with van der Waals surface area (Å²) in [5.74, 6) is -2.89. The van der Waals surface area contributed by atoms with E-state index in [9.17, 15) is 24.3 Å². The van der Waals surface area contributed by atoms with Crippen molar-refractivity contribution in [2.75, 3.05) is 0 Å². The van der Waals surface area contributed by atoms with E-state index in [0.717, 1.165) is 26.3 Å². The fourth-order valence-corrected chi connectivity index (χ4v) is 4.69. The van der Waals surface area contributed by atoms with E-state index < -0.39 is 85.3 Å². The van der Waals surface area contributed by atoms with Crippen LogP contribution in [-0.4, -0.2) is 90.4 Å². The molecule has 0 saturated carbocycles. The lowest BCUT2D eigenvalue weighted by Gasteiger charge is -2.48. The highest BCUT2D eigenvalue weighted by Gasteiger charge is 2.55. The van der Waals surface area contributed by atoms with Crippen molar-refractivity contribution in [2.45, 2.75) is 110 Å². The van der Waals surface area contributed by atoms with Crippen molar-refractivity contribution in [3.8, 4) is 0 Å². The van der Waals surface area contributed by atoms with Crippen LogP contribution in [0.4, 0.5) is 0 Å². The van der Waals surface area contributed by atoms with Gasteiger partial charge in [0.2, 0.25) is 0 Å². The fraction of sp³-hybridized carbons (Fsp3) is 0.630. The summed E-state index contributed by atoms with van der Waals surface area (Å²) in [6, 6.07) is 9.24. The molecule has 2 heterocycles. The fourth-order valence-electron chi connectivity index (χ4n) is 4.69. The number of aliphatic hydroxyl groups is 1. The number of rotatable bonds is 9. The van der Waals surface area contributed by atoms with Gasteiger partial charge in [-0.25, -0.2) is 0 Å². The molecule has 0 radical (unpaired) electrons. The predicted molar refractivity (Wildman–Crippen MR) is 133 cm³/mol. The van der Waals surface area contributed by atoms with Crippen LogP contribution in [0.2, 0.25) is 0 Å². The van der Waals surface area contributed by atoms with Gasteiger partial charge in [-0.3, -0.25) is 19.2 Å². The smallest absolute Gasteiger partial charge is 0.303 e. The van der Waals surface area contributed by atoms with E-state index in [-0.39, 0.29) is 6.61 Å². The van der Waals surface area contributed by atoms with E-state index >= 15 is 0 Å². The van der Waals surface area contributed by atoms with Gasteiger partial charge in [0.05, 0.1) is 18.8 Å². The van der Waals surface area contributed by atoms with Crippen LogP contribution in [0.25, 0.3) is 0 Å². The van der Waals surface area contributed by atoms with Gasteiger partial charge in [0, 0.05) is 27.7 Å². The molecular formula is C27H36O13. The maximum absolute atomic E-state index is 12.1. The average molecular weight is 569 g/mol. The molecule has 1 aromatic carbocycles. The molecule has 2 aliphatic rings. The van der Waals surface area contributed by atoms with Crippen LogP contribution in [-0.2, 0) is 63.7 Å². The molecule has 4 unspecified atom stereocenters. The normalized spacial score (nSPS) is 33.9. The Morgan fingerprint density at radius 3 is 1.75 bits per heavy atom. The molecule has 2 fully saturated rings. The molecule has 222 valence electrons. The van der Waals surface area contributed by atoms with Gasteiger partial charge in [-0.1, -0.05) is 30.3 Å². The molecule has 0 spiro atoms. The predicted octanol–water partition coefficient (Wildman–Crippen LogP) is 1.17. The lowest BCUT2D eigenvalue weighted by Crippen LogP contribution is -2.65. The van der Waals surface area contributed by atoms with Crippen LogP contribution < -0.4 is 0 Å². The van der Waals surface area contributed by atoms with Crippen LogP contribution in [0, 0.1) is 0 Å². The number of hydrogen-bond acceptors (Lipinski definition) is 13. The average Bonchev–Trinajstić information content (AvgIpc) is 2.85. The zero-order valence-electron chi connectivity index (χ0n) is 23.2. The van der Waals surface area contributed by atoms with Crippen molar-refractivity contribution in [3.05, 3.63) is 35.9 Å². The van der Waals surface area contributed by atoms with Crippen molar-refractivity contribution in [2.24, 2.45) is 0 Å². The Balaban J connectivity index is 1.98. The second kappa shape index (κ2) is 14.0. The maximum atomic E-state index is 12.1. The van der Waals surface area contributed by atoms with E-state index in [4.69, 9.17) is 37.9 Å². The molecule has 0 bridgehead atoms. The van der Waals surface area contributed by atoms with Crippen molar-refractivity contribution in [3.63, 3.8) is 0 Å². The molecule has 3 rings (SSSR count). The van der Waals surface area contributed by atoms with Gasteiger partial charge in [-0.15, -0.1) is 0 Å². The monoisotopic (exact) mass is 568 g/mol. The minimum atomic E-state index is -1.59. The molecule has 0 amide bonds. The quantitative estimate of drug-likeness (QED) is 0.334. The molecule has 2 aliphatic heterocycles. The van der Waals surface area contributed by atoms with Gasteiger partial charge in [0.25, 0.3) is 0 Å². The number of carbonyl (C=O) groups excluding carboxylic acids is 4. The van der Waals surface area contributed by atoms with Crippen LogP contribution in [0.15, 0.2) is 30.3 Å². The summed E-state index contributed by atoms with van der Waals surface area (Å²) < 4.78 is 45.5. The number of benzene rings is 1. The zero-order valence-corrected chi connectivity index (χ0v) is 23.2. The molecule has 1 N–H and O–H groups in total. The van der Waals surface area contributed by atoms with E-state index in [1.54, 1.807) is 13.8 Å². The minimum Gasteiger partial charge on any atom is -0.456 e. The molecule has 1 aromatic rings. The third-order valence-electron chi connectivity index (χ3n) is 6.26. The Kier molecular flexibility index (Phi) is 11.0. The van der Waals surface area contributed by atoms with Gasteiger partial charge in [0.15, 0.2) is 37.0 Å². The zero-order chi connectivity index (χ0) is 29.6. The number of hydrogen-bond donors (Lipinski definition) is 1. The van der Waals surface area contributed by atoms with E-state index in [2.05, 4.69) is 0 Å². The lowest BCUT2D eigenvalue weighted by atomic mass is 9.96. The molecule has 0 aromatic heterocycles. The van der Waals surface area contributed by atoms with Crippen LogP contribution in [0.5, 0.6) is 0 Å². The second-order valence-corrected chi connectivity index (χ2v) is 9.60. The van der Waals surface area contributed by atoms with Crippen LogP contribution in [0.1, 0.15) is 47.1 Å². The first kappa shape index (κ1) is 31.4. The Morgan fingerprint density at radius 2 is 1.18 bits per heavy atom. The highest BCUT2D eigenvalue weighted by Crippen LogP contribution is 2.34. The second-order valence-electron chi connectivity index (χ2n) is 9.60. The summed E-state index contributed by atoms with van der Waals surface area (Å²) in [6.07, 6.45) is -12.0. The molecule has 40 heavy (non-hydrogen) atoms. The van der Waals surface area contributed by atoms with Crippen molar-refractivity contribution in [1.29, 1.82) is 0 Å². The highest BCUT2D eigenvalue weighted by atomic mass is 16.8. The van der Waals surface area contributed by atoms with Gasteiger partial charge >= 0.3 is 23.9 Å². The van der Waals surface area contributed by atoms with Gasteiger partial charge in [-0.2, -0.15) is 0 Å². The topological polar surface area (TPSA) is 162 Å². The summed E-state index contributed by atoms with van der Waals surface area (Å²) in [5, 5.41) is 10.7. The number of ether oxygens (including phenoxy) is 8. The standard InChI is InChI=1S/C27H36O13/c1-13-20(33-12-19-10-8-7-9-11-19)22(24(26(32)34-13)38-17(5)30)40-27-25(39-18(6)31)23(37-16(4)29)21(14(2)35-27)36-15(3)28/h7-11,13-14,20-27,32H,12H2,1-6H3/t13?,14?,20-,21-,22?,23?,24+,25-,26+,27-/m0/s1. The highest BCUT2D eigenvalue weighted by molar-refractivity contribution is 5.68. The third-order valence-corrected chi connectivity index (χ3v) is 6.26. The Labute approximate surface area is 231 Å². The molecule has 0 aliphatic carbocycles. The first-order chi connectivity index (χ1) is 18.9. The number of carbonyl (C=O) groups is 4. The number of aliphatic hydroxyl groups excluding tert-OH is 1. The minimum absolute atomic E-state index is 0.127. The summed E-state index contributed by atoms with van der Waals surface area (Å²) in [5.41, 5.74) is 0.836. The van der Waals surface area contributed by atoms with E-state index in [1.165, 1.54) is 6.92 Å². The molecule has 2 saturated heterocycles. The van der Waals surface area contributed by atoms with Gasteiger partial charge < -0.3 is 43.0 Å². The van der Waals surface area contributed by atoms with E-state index in [1.807, 2.05) is 30.3 Å². The van der Waals surface area contributed by atoms with Crippen LogP contribution in [0.3, 0.4) is 0 Å². The summed E-state index contributed by atoms with van der Waals surface area (Å²) >= 11 is 0. The molecule has 13 nitrogen and oxygen atoms in total. The first-order valence-electron chi connectivity index (χ1n) is 12.9. The van der Waals surface area contributed by atoms with E-state index in [0.29, 0.717) is 0 Å². The third kappa shape index (κ3) is 8.21. The Morgan fingerprint density at radius 1 is 0.675 bits per heavy atom. The molecule has 13 heteroatoms. The van der Waals surface area contributed by atoms with Crippen molar-refractivity contribution < 1.29 is 62.2 Å². The Hall–Kier alpha value is -3.10. The molecule has 10 atom stereocenters. The first-order valence-corrected chi connectivity index (χ1v) is 12.9. The summed E-state index contributed by atoms with van der Waals surface area (Å²) in [7, 11) is 0. The Bertz CT molecular complexity index is 1030. The maximum Gasteiger partial charge on any atom is 0.303 e.